The molecule has 41 heavy (non-hydrogen) atoms. The number of hydrogen-bond donors (Lipinski definition) is 0. The van der Waals surface area contributed by atoms with E-state index in [9.17, 15) is 14.2 Å². The number of fused-ring (bicyclic) bond motifs is 1. The highest BCUT2D eigenvalue weighted by Crippen LogP contribution is 2.49. The van der Waals surface area contributed by atoms with Gasteiger partial charge in [0.15, 0.2) is 5.82 Å². The Morgan fingerprint density at radius 3 is 2.07 bits per heavy atom. The fourth-order valence-electron chi connectivity index (χ4n) is 3.01. The minimum Gasteiger partial charge on any atom is -0.437 e. The van der Waals surface area contributed by atoms with Crippen molar-refractivity contribution in [2.24, 2.45) is 15.8 Å². The number of aromatic nitrogens is 3. The first-order valence-electron chi connectivity index (χ1n) is 13.0. The van der Waals surface area contributed by atoms with Crippen molar-refractivity contribution in [3.05, 3.63) is 24.2 Å². The minimum atomic E-state index is -4.34. The number of ether oxygens (including phenoxy) is 3. The predicted octanol–water partition coefficient (Wildman–Crippen LogP) is 4.67. The van der Waals surface area contributed by atoms with Gasteiger partial charge >= 0.3 is 19.8 Å². The lowest BCUT2D eigenvalue weighted by Crippen LogP contribution is -2.25. The van der Waals surface area contributed by atoms with E-state index < -0.39 is 56.4 Å². The van der Waals surface area contributed by atoms with Gasteiger partial charge in [-0.3, -0.25) is 14.1 Å². The average molecular weight is 600 g/mol. The topological polar surface area (TPSA) is 152 Å². The van der Waals surface area contributed by atoms with E-state index in [0.29, 0.717) is 11.3 Å². The van der Waals surface area contributed by atoms with Gasteiger partial charge in [-0.15, -0.1) is 0 Å². The molecule has 1 unspecified atom stereocenters. The predicted molar refractivity (Wildman–Crippen MR) is 150 cm³/mol. The Morgan fingerprint density at radius 2 is 1.56 bits per heavy atom. The molecule has 0 aliphatic heterocycles. The zero-order chi connectivity index (χ0) is 31.0. The molecule has 0 aromatic carbocycles. The zero-order valence-corrected chi connectivity index (χ0v) is 26.3. The van der Waals surface area contributed by atoms with Gasteiger partial charge in [-0.2, -0.15) is 5.10 Å². The molecule has 0 aliphatic carbocycles. The van der Waals surface area contributed by atoms with E-state index in [2.05, 4.69) is 15.1 Å². The van der Waals surface area contributed by atoms with Gasteiger partial charge in [0.1, 0.15) is 11.8 Å². The molecule has 2 atom stereocenters. The smallest absolute Gasteiger partial charge is 0.437 e. The van der Waals surface area contributed by atoms with E-state index in [1.807, 2.05) is 33.2 Å². The van der Waals surface area contributed by atoms with Crippen molar-refractivity contribution in [1.29, 1.82) is 0 Å². The van der Waals surface area contributed by atoms with Gasteiger partial charge in [-0.25, -0.2) is 28.1 Å². The number of phosphoric ester groups is 1. The van der Waals surface area contributed by atoms with Crippen LogP contribution >= 0.6 is 7.82 Å². The van der Waals surface area contributed by atoms with Crippen molar-refractivity contribution in [3.63, 3.8) is 0 Å². The number of aliphatic imine (C=N–C) groups is 1. The second-order valence-corrected chi connectivity index (χ2v) is 13.2. The summed E-state index contributed by atoms with van der Waals surface area (Å²) in [6, 6.07) is 3.69. The van der Waals surface area contributed by atoms with Crippen molar-refractivity contribution in [2.75, 3.05) is 34.3 Å². The molecule has 0 N–H and O–H groups in total. The first-order valence-corrected chi connectivity index (χ1v) is 14.5. The highest BCUT2D eigenvalue weighted by molar-refractivity contribution is 7.48. The van der Waals surface area contributed by atoms with Gasteiger partial charge in [0.2, 0.25) is 13.6 Å². The molecular weight excluding hydrogens is 557 g/mol. The summed E-state index contributed by atoms with van der Waals surface area (Å²) in [5.74, 6) is -0.654. The van der Waals surface area contributed by atoms with Crippen molar-refractivity contribution in [2.45, 2.75) is 67.6 Å². The zero-order valence-electron chi connectivity index (χ0n) is 25.4. The highest BCUT2D eigenvalue weighted by Gasteiger charge is 2.32. The maximum atomic E-state index is 13.3. The summed E-state index contributed by atoms with van der Waals surface area (Å²) in [5, 5.41) is 4.31. The molecule has 0 bridgehead atoms. The van der Waals surface area contributed by atoms with E-state index in [1.165, 1.54) is 6.33 Å². The molecule has 2 aromatic heterocycles. The molecular formula is C26H42N5O9P. The molecule has 230 valence electrons. The Labute approximate surface area is 240 Å². The van der Waals surface area contributed by atoms with E-state index in [1.54, 1.807) is 64.2 Å². The highest BCUT2D eigenvalue weighted by atomic mass is 31.2. The Bertz CT molecular complexity index is 1210. The quantitative estimate of drug-likeness (QED) is 0.0975. The van der Waals surface area contributed by atoms with Gasteiger partial charge in [0, 0.05) is 14.1 Å². The number of carbonyl (C=O) groups excluding carboxylic acids is 2. The van der Waals surface area contributed by atoms with Crippen molar-refractivity contribution < 1.29 is 41.9 Å². The molecule has 0 saturated carbocycles. The van der Waals surface area contributed by atoms with E-state index in [4.69, 9.17) is 27.8 Å². The first kappa shape index (κ1) is 34.3. The van der Waals surface area contributed by atoms with Crippen LogP contribution in [-0.2, 0) is 41.9 Å². The van der Waals surface area contributed by atoms with Crippen molar-refractivity contribution >= 4 is 37.4 Å². The lowest BCUT2D eigenvalue weighted by Gasteiger charge is -2.23. The molecule has 0 fully saturated rings. The third kappa shape index (κ3) is 10.8. The summed E-state index contributed by atoms with van der Waals surface area (Å²) in [5.41, 5.74) is -0.179. The summed E-state index contributed by atoms with van der Waals surface area (Å²) in [4.78, 5) is 34.5. The summed E-state index contributed by atoms with van der Waals surface area (Å²) >= 11 is 0. The molecule has 14 nitrogen and oxygen atoms in total. The second kappa shape index (κ2) is 14.3. The Hall–Kier alpha value is -2.90. The molecule has 0 spiro atoms. The Balaban J connectivity index is 2.06. The van der Waals surface area contributed by atoms with Crippen LogP contribution in [0.1, 0.15) is 67.2 Å². The van der Waals surface area contributed by atoms with Crippen LogP contribution in [0.4, 0.5) is 5.82 Å². The molecule has 0 radical (unpaired) electrons. The van der Waals surface area contributed by atoms with Crippen LogP contribution in [-0.4, -0.2) is 78.2 Å². The maximum absolute atomic E-state index is 13.3. The lowest BCUT2D eigenvalue weighted by atomic mass is 9.98. The largest absolute Gasteiger partial charge is 0.480 e. The van der Waals surface area contributed by atoms with Crippen LogP contribution in [0.3, 0.4) is 0 Å². The van der Waals surface area contributed by atoms with Gasteiger partial charge in [0.05, 0.1) is 41.7 Å². The molecule has 2 aromatic rings. The second-order valence-electron chi connectivity index (χ2n) is 11.5. The standard InChI is InChI=1S/C26H42N5O9P/c1-18(40-19(2)20-11-12-21-22(28-15-30(9)10)27-14-29-31(20)21)13-37-41(34,38-16-35-23(32)25(3,4)5)39-17-36-24(33)26(6,7)8/h11-12,14-15,18-19H,13,16-17H2,1-10H3/t18?,19-/m1/s1. The van der Waals surface area contributed by atoms with E-state index in [0.717, 1.165) is 5.69 Å². The van der Waals surface area contributed by atoms with Crippen LogP contribution in [0.2, 0.25) is 0 Å². The molecule has 2 rings (SSSR count). The van der Waals surface area contributed by atoms with E-state index in [-0.39, 0.29) is 6.61 Å². The van der Waals surface area contributed by atoms with Crippen LogP contribution in [0.15, 0.2) is 23.5 Å². The molecule has 0 aliphatic rings. The minimum absolute atomic E-state index is 0.223. The van der Waals surface area contributed by atoms with Gasteiger partial charge in [-0.05, 0) is 67.5 Å². The summed E-state index contributed by atoms with van der Waals surface area (Å²) in [7, 11) is -0.620. The van der Waals surface area contributed by atoms with Gasteiger partial charge in [-0.1, -0.05) is 0 Å². The maximum Gasteiger partial charge on any atom is 0.480 e. The van der Waals surface area contributed by atoms with Crippen LogP contribution < -0.4 is 0 Å². The summed E-state index contributed by atoms with van der Waals surface area (Å²) in [6.07, 6.45) is 1.99. The van der Waals surface area contributed by atoms with Crippen LogP contribution in [0.5, 0.6) is 0 Å². The SMILES string of the molecule is CC(COP(=O)(OCOC(=O)C(C)(C)C)OCOC(=O)C(C)(C)C)O[C@H](C)c1ccc2c(N=CN(C)C)ncnn12. The average Bonchev–Trinajstić information content (AvgIpc) is 3.30. The van der Waals surface area contributed by atoms with Crippen LogP contribution in [0.25, 0.3) is 5.52 Å². The van der Waals surface area contributed by atoms with Gasteiger partial charge < -0.3 is 19.1 Å². The monoisotopic (exact) mass is 599 g/mol. The lowest BCUT2D eigenvalue weighted by molar-refractivity contribution is -0.163. The number of hydrogen-bond acceptors (Lipinski definition) is 12. The Kier molecular flexibility index (Phi) is 12.0. The molecule has 0 amide bonds. The fraction of sp³-hybridized carbons (Fsp3) is 0.654. The molecule has 2 heterocycles. The number of carbonyl (C=O) groups is 2. The van der Waals surface area contributed by atoms with Gasteiger partial charge in [0.25, 0.3) is 0 Å². The third-order valence-corrected chi connectivity index (χ3v) is 6.53. The first-order chi connectivity index (χ1) is 18.9. The van der Waals surface area contributed by atoms with Crippen LogP contribution in [0, 0.1) is 10.8 Å². The fourth-order valence-corrected chi connectivity index (χ4v) is 3.99. The summed E-state index contributed by atoms with van der Waals surface area (Å²) < 4.78 is 46.9. The summed E-state index contributed by atoms with van der Waals surface area (Å²) in [6.45, 7) is 11.9. The number of rotatable bonds is 14. The van der Waals surface area contributed by atoms with Crippen molar-refractivity contribution in [3.8, 4) is 0 Å². The normalized spacial score (nSPS) is 14.3. The molecule has 15 heteroatoms. The molecule has 0 saturated heterocycles. The number of nitrogens with zero attached hydrogens (tertiary/aromatic N) is 5. The number of esters is 2. The van der Waals surface area contributed by atoms with E-state index >= 15 is 0 Å². The number of phosphoric acid groups is 1. The third-order valence-electron chi connectivity index (χ3n) is 5.22. The Morgan fingerprint density at radius 1 is 1.00 bits per heavy atom. The van der Waals surface area contributed by atoms with Crippen molar-refractivity contribution in [1.82, 2.24) is 19.5 Å².